The monoisotopic (exact) mass is 559 g/mol. The Balaban J connectivity index is 0. The highest BCUT2D eigenvalue weighted by Crippen LogP contribution is 2.19. The second kappa shape index (κ2) is 29.8. The summed E-state index contributed by atoms with van der Waals surface area (Å²) in [6.07, 6.45) is 9.72. The molecular formula is C36H66N2O2. The fourth-order valence-corrected chi connectivity index (χ4v) is 3.76. The Morgan fingerprint density at radius 3 is 1.10 bits per heavy atom. The highest BCUT2D eigenvalue weighted by molar-refractivity contribution is 5.49. The Hall–Kier alpha value is -2.20. The Labute approximate surface area is 250 Å². The highest BCUT2D eigenvalue weighted by atomic mass is 16.5. The molecule has 2 aromatic carbocycles. The highest BCUT2D eigenvalue weighted by Gasteiger charge is 2.04. The van der Waals surface area contributed by atoms with Crippen molar-refractivity contribution >= 4 is 11.4 Å². The molecule has 4 nitrogen and oxygen atoms in total. The number of anilines is 2. The Bertz CT molecular complexity index is 728. The molecule has 2 rings (SSSR count). The fourth-order valence-electron chi connectivity index (χ4n) is 3.76. The Morgan fingerprint density at radius 1 is 0.475 bits per heavy atom. The van der Waals surface area contributed by atoms with Crippen LogP contribution in [0.2, 0.25) is 0 Å². The number of rotatable bonds is 16. The van der Waals surface area contributed by atoms with Gasteiger partial charge < -0.3 is 19.3 Å². The number of methoxy groups -OCH3 is 1. The van der Waals surface area contributed by atoms with Gasteiger partial charge in [0.15, 0.2) is 0 Å². The third kappa shape index (κ3) is 21.6. The van der Waals surface area contributed by atoms with Crippen LogP contribution in [0.3, 0.4) is 0 Å². The second-order valence-electron chi connectivity index (χ2n) is 10.1. The molecule has 2 aromatic rings. The smallest absolute Gasteiger partial charge is 0.119 e. The second-order valence-corrected chi connectivity index (χ2v) is 10.1. The van der Waals surface area contributed by atoms with Gasteiger partial charge in [-0.25, -0.2) is 0 Å². The summed E-state index contributed by atoms with van der Waals surface area (Å²) in [5, 5.41) is 0. The van der Waals surface area contributed by atoms with Gasteiger partial charge in [0.05, 0.1) is 7.11 Å². The number of benzene rings is 2. The van der Waals surface area contributed by atoms with E-state index in [9.17, 15) is 0 Å². The van der Waals surface area contributed by atoms with E-state index >= 15 is 0 Å². The average Bonchev–Trinajstić information content (AvgIpc) is 2.98. The summed E-state index contributed by atoms with van der Waals surface area (Å²) in [6.45, 7) is 26.1. The molecule has 0 atom stereocenters. The van der Waals surface area contributed by atoms with Crippen LogP contribution in [0.1, 0.15) is 112 Å². The first-order valence-corrected chi connectivity index (χ1v) is 16.2. The minimum atomic E-state index is 0.923. The molecule has 4 heteroatoms. The molecule has 0 fully saturated rings. The van der Waals surface area contributed by atoms with Gasteiger partial charge in [-0.3, -0.25) is 0 Å². The van der Waals surface area contributed by atoms with Crippen LogP contribution in [0.25, 0.3) is 0 Å². The van der Waals surface area contributed by atoms with Crippen LogP contribution in [0.15, 0.2) is 48.5 Å². The van der Waals surface area contributed by atoms with Crippen LogP contribution in [0.5, 0.6) is 5.75 Å². The minimum Gasteiger partial charge on any atom is -0.497 e. The first kappa shape index (κ1) is 39.9. The molecule has 0 unspecified atom stereocenters. The van der Waals surface area contributed by atoms with Crippen LogP contribution in [-0.2, 0) is 4.74 Å². The van der Waals surface area contributed by atoms with Crippen LogP contribution in [0, 0.1) is 6.92 Å². The third-order valence-electron chi connectivity index (χ3n) is 6.01. The van der Waals surface area contributed by atoms with E-state index in [4.69, 9.17) is 9.47 Å². The predicted octanol–water partition coefficient (Wildman–Crippen LogP) is 10.6. The lowest BCUT2D eigenvalue weighted by Crippen LogP contribution is -2.24. The molecule has 0 aliphatic heterocycles. The van der Waals surface area contributed by atoms with Crippen LogP contribution < -0.4 is 14.5 Å². The van der Waals surface area contributed by atoms with Gasteiger partial charge in [-0.1, -0.05) is 85.9 Å². The number of hydrogen-bond acceptors (Lipinski definition) is 4. The van der Waals surface area contributed by atoms with Gasteiger partial charge in [0.25, 0.3) is 0 Å². The summed E-state index contributed by atoms with van der Waals surface area (Å²) < 4.78 is 10.3. The van der Waals surface area contributed by atoms with E-state index in [-0.39, 0.29) is 0 Å². The standard InChI is InChI=1S/C13H21NO.C13H21N.C6H14O.C4H10/c1-4-10-14(11-5-2)12-6-8-13(15-3)9-7-12;1-4-10-14(11-5-2)13-8-6-12(3)7-9-13;1-3-5-7-6-4-2;1-3-4-2/h6-9H,4-5,10-11H2,1-3H3;6-9H,4-5,10-11H2,1-3H3;3-6H2,1-2H3;3-4H2,1-2H3. The van der Waals surface area contributed by atoms with Crippen molar-refractivity contribution in [1.29, 1.82) is 0 Å². The molecule has 0 heterocycles. The summed E-state index contributed by atoms with van der Waals surface area (Å²) in [7, 11) is 1.70. The van der Waals surface area contributed by atoms with E-state index in [1.54, 1.807) is 7.11 Å². The maximum absolute atomic E-state index is 5.15. The van der Waals surface area contributed by atoms with Crippen molar-refractivity contribution in [2.24, 2.45) is 0 Å². The average molecular weight is 559 g/mol. The van der Waals surface area contributed by atoms with Crippen LogP contribution >= 0.6 is 0 Å². The number of ether oxygens (including phenoxy) is 2. The van der Waals surface area contributed by atoms with Gasteiger partial charge in [-0.15, -0.1) is 0 Å². The molecule has 0 saturated heterocycles. The molecule has 0 saturated carbocycles. The molecular weight excluding hydrogens is 492 g/mol. The maximum Gasteiger partial charge on any atom is 0.119 e. The van der Waals surface area contributed by atoms with Gasteiger partial charge >= 0.3 is 0 Å². The van der Waals surface area contributed by atoms with E-state index in [1.807, 2.05) is 12.1 Å². The van der Waals surface area contributed by atoms with E-state index in [0.717, 1.165) is 58.0 Å². The van der Waals surface area contributed by atoms with Crippen molar-refractivity contribution in [3.05, 3.63) is 54.1 Å². The van der Waals surface area contributed by atoms with Gasteiger partial charge in [-0.05, 0) is 81.8 Å². The zero-order valence-corrected chi connectivity index (χ0v) is 28.2. The topological polar surface area (TPSA) is 24.9 Å². The quantitative estimate of drug-likeness (QED) is 0.191. The van der Waals surface area contributed by atoms with Gasteiger partial charge in [0, 0.05) is 50.8 Å². The number of hydrogen-bond donors (Lipinski definition) is 0. The zero-order chi connectivity index (χ0) is 30.4. The van der Waals surface area contributed by atoms with Crippen molar-refractivity contribution in [2.75, 3.05) is 56.3 Å². The predicted molar refractivity (Wildman–Crippen MR) is 182 cm³/mol. The molecule has 0 spiro atoms. The van der Waals surface area contributed by atoms with Gasteiger partial charge in [-0.2, -0.15) is 0 Å². The van der Waals surface area contributed by atoms with E-state index in [0.29, 0.717) is 0 Å². The SMILES string of the molecule is CCCC.CCCN(CCC)c1ccc(C)cc1.CCCN(CCC)c1ccc(OC)cc1.CCCOCCC. The molecule has 0 aromatic heterocycles. The lowest BCUT2D eigenvalue weighted by atomic mass is 10.2. The van der Waals surface area contributed by atoms with Crippen molar-refractivity contribution in [3.63, 3.8) is 0 Å². The Morgan fingerprint density at radius 2 is 0.825 bits per heavy atom. The van der Waals surface area contributed by atoms with Crippen molar-refractivity contribution in [3.8, 4) is 5.75 Å². The van der Waals surface area contributed by atoms with Crippen LogP contribution in [0.4, 0.5) is 11.4 Å². The Kier molecular flexibility index (Phi) is 29.7. The van der Waals surface area contributed by atoms with Gasteiger partial charge in [0.1, 0.15) is 5.75 Å². The summed E-state index contributed by atoms with van der Waals surface area (Å²) >= 11 is 0. The lowest BCUT2D eigenvalue weighted by Gasteiger charge is -2.23. The summed E-state index contributed by atoms with van der Waals surface area (Å²) in [4.78, 5) is 4.87. The summed E-state index contributed by atoms with van der Waals surface area (Å²) in [5.74, 6) is 0.923. The largest absolute Gasteiger partial charge is 0.497 e. The normalized spacial score (nSPS) is 9.75. The molecule has 0 N–H and O–H groups in total. The molecule has 40 heavy (non-hydrogen) atoms. The minimum absolute atomic E-state index is 0.923. The number of unbranched alkanes of at least 4 members (excludes halogenated alkanes) is 1. The van der Waals surface area contributed by atoms with Crippen LogP contribution in [-0.4, -0.2) is 46.5 Å². The first-order valence-electron chi connectivity index (χ1n) is 16.2. The molecule has 232 valence electrons. The fraction of sp³-hybridized carbons (Fsp3) is 0.667. The first-order chi connectivity index (χ1) is 19.4. The molecule has 0 aliphatic carbocycles. The third-order valence-corrected chi connectivity index (χ3v) is 6.01. The number of aryl methyl sites for hydroxylation is 1. The van der Waals surface area contributed by atoms with Crippen molar-refractivity contribution in [1.82, 2.24) is 0 Å². The lowest BCUT2D eigenvalue weighted by molar-refractivity contribution is 0.135. The van der Waals surface area contributed by atoms with Crippen molar-refractivity contribution in [2.45, 2.75) is 114 Å². The molecule has 0 aliphatic rings. The van der Waals surface area contributed by atoms with E-state index in [1.165, 1.54) is 55.5 Å². The molecule has 0 amide bonds. The van der Waals surface area contributed by atoms with E-state index < -0.39 is 0 Å². The zero-order valence-electron chi connectivity index (χ0n) is 28.2. The maximum atomic E-state index is 5.15. The molecule has 0 bridgehead atoms. The van der Waals surface area contributed by atoms with Gasteiger partial charge in [0.2, 0.25) is 0 Å². The van der Waals surface area contributed by atoms with E-state index in [2.05, 4.69) is 109 Å². The molecule has 0 radical (unpaired) electrons. The summed E-state index contributed by atoms with van der Waals surface area (Å²) in [6, 6.07) is 17.1. The number of nitrogens with zero attached hydrogens (tertiary/aromatic N) is 2. The summed E-state index contributed by atoms with van der Waals surface area (Å²) in [5.41, 5.74) is 3.99. The van der Waals surface area contributed by atoms with Crippen molar-refractivity contribution < 1.29 is 9.47 Å².